The SMILES string of the molecule is C=CN[C@H](C(=O)O)C(C)C. The Morgan fingerprint density at radius 2 is 2.20 bits per heavy atom. The molecule has 0 saturated carbocycles. The van der Waals surface area contributed by atoms with Crippen molar-refractivity contribution in [2.45, 2.75) is 19.9 Å². The molecule has 0 unspecified atom stereocenters. The Morgan fingerprint density at radius 3 is 2.30 bits per heavy atom. The fourth-order valence-electron chi connectivity index (χ4n) is 0.676. The molecule has 10 heavy (non-hydrogen) atoms. The Bertz CT molecular complexity index is 132. The lowest BCUT2D eigenvalue weighted by molar-refractivity contribution is -0.140. The van der Waals surface area contributed by atoms with Crippen molar-refractivity contribution < 1.29 is 9.90 Å². The zero-order valence-corrected chi connectivity index (χ0v) is 6.29. The summed E-state index contributed by atoms with van der Waals surface area (Å²) in [5.41, 5.74) is 0. The smallest absolute Gasteiger partial charge is 0.326 e. The van der Waals surface area contributed by atoms with Crippen molar-refractivity contribution in [3.8, 4) is 0 Å². The van der Waals surface area contributed by atoms with Gasteiger partial charge in [-0.1, -0.05) is 20.4 Å². The molecule has 3 heteroatoms. The number of carboxylic acids is 1. The van der Waals surface area contributed by atoms with Crippen LogP contribution in [0.5, 0.6) is 0 Å². The lowest BCUT2D eigenvalue weighted by Crippen LogP contribution is -2.37. The summed E-state index contributed by atoms with van der Waals surface area (Å²) >= 11 is 0. The predicted octanol–water partition coefficient (Wildman–Crippen LogP) is 0.829. The maximum atomic E-state index is 10.4. The van der Waals surface area contributed by atoms with Crippen molar-refractivity contribution in [1.82, 2.24) is 5.32 Å². The highest BCUT2D eigenvalue weighted by Crippen LogP contribution is 2.00. The second-order valence-corrected chi connectivity index (χ2v) is 2.43. The number of rotatable bonds is 4. The minimum atomic E-state index is -0.838. The van der Waals surface area contributed by atoms with Crippen LogP contribution in [-0.4, -0.2) is 17.1 Å². The third-order valence-electron chi connectivity index (χ3n) is 1.23. The first-order valence-electron chi connectivity index (χ1n) is 3.19. The van der Waals surface area contributed by atoms with Crippen LogP contribution >= 0.6 is 0 Å². The average Bonchev–Trinajstić information content (AvgIpc) is 1.81. The van der Waals surface area contributed by atoms with E-state index in [4.69, 9.17) is 5.11 Å². The molecular formula is C7H13NO2. The first kappa shape index (κ1) is 9.01. The summed E-state index contributed by atoms with van der Waals surface area (Å²) in [6, 6.07) is -0.516. The van der Waals surface area contributed by atoms with Gasteiger partial charge in [0.1, 0.15) is 6.04 Å². The molecule has 0 aliphatic rings. The molecule has 0 aliphatic carbocycles. The Balaban J connectivity index is 3.97. The van der Waals surface area contributed by atoms with Gasteiger partial charge in [0.25, 0.3) is 0 Å². The van der Waals surface area contributed by atoms with Crippen LogP contribution in [0.3, 0.4) is 0 Å². The molecule has 3 nitrogen and oxygen atoms in total. The van der Waals surface area contributed by atoms with Gasteiger partial charge in [0.05, 0.1) is 0 Å². The molecule has 0 saturated heterocycles. The van der Waals surface area contributed by atoms with E-state index in [1.54, 1.807) is 0 Å². The van der Waals surface area contributed by atoms with E-state index in [0.717, 1.165) is 0 Å². The fourth-order valence-corrected chi connectivity index (χ4v) is 0.676. The molecule has 2 N–H and O–H groups in total. The van der Waals surface area contributed by atoms with Crippen LogP contribution in [0.25, 0.3) is 0 Å². The quantitative estimate of drug-likeness (QED) is 0.612. The maximum Gasteiger partial charge on any atom is 0.326 e. The zero-order chi connectivity index (χ0) is 8.15. The molecule has 0 aromatic rings. The van der Waals surface area contributed by atoms with E-state index >= 15 is 0 Å². The third kappa shape index (κ3) is 2.53. The van der Waals surface area contributed by atoms with Crippen molar-refractivity contribution in [2.24, 2.45) is 5.92 Å². The molecule has 0 rings (SSSR count). The summed E-state index contributed by atoms with van der Waals surface area (Å²) in [6.07, 6.45) is 1.40. The second-order valence-electron chi connectivity index (χ2n) is 2.43. The molecule has 58 valence electrons. The highest BCUT2D eigenvalue weighted by molar-refractivity contribution is 5.73. The molecule has 0 aromatic heterocycles. The van der Waals surface area contributed by atoms with E-state index in [1.807, 2.05) is 13.8 Å². The number of nitrogens with one attached hydrogen (secondary N) is 1. The van der Waals surface area contributed by atoms with E-state index in [1.165, 1.54) is 6.20 Å². The van der Waals surface area contributed by atoms with Crippen LogP contribution in [0.1, 0.15) is 13.8 Å². The Hall–Kier alpha value is -0.990. The Morgan fingerprint density at radius 1 is 1.70 bits per heavy atom. The van der Waals surface area contributed by atoms with Gasteiger partial charge in [0.15, 0.2) is 0 Å². The van der Waals surface area contributed by atoms with Crippen molar-refractivity contribution >= 4 is 5.97 Å². The number of carbonyl (C=O) groups is 1. The standard InChI is InChI=1S/C7H13NO2/c1-4-8-6(5(2)3)7(9)10/h4-6,8H,1H2,2-3H3,(H,9,10)/t6-/m0/s1. The highest BCUT2D eigenvalue weighted by Gasteiger charge is 2.18. The monoisotopic (exact) mass is 143 g/mol. The van der Waals surface area contributed by atoms with Crippen LogP contribution < -0.4 is 5.32 Å². The molecule has 0 radical (unpaired) electrons. The topological polar surface area (TPSA) is 49.3 Å². The summed E-state index contributed by atoms with van der Waals surface area (Å²) in [6.45, 7) is 7.08. The van der Waals surface area contributed by atoms with E-state index in [9.17, 15) is 4.79 Å². The number of aliphatic carboxylic acids is 1. The maximum absolute atomic E-state index is 10.4. The summed E-state index contributed by atoms with van der Waals surface area (Å²) < 4.78 is 0. The van der Waals surface area contributed by atoms with Crippen LogP contribution in [0, 0.1) is 5.92 Å². The average molecular weight is 143 g/mol. The summed E-state index contributed by atoms with van der Waals surface area (Å²) in [4.78, 5) is 10.4. The first-order chi connectivity index (χ1) is 4.59. The summed E-state index contributed by atoms with van der Waals surface area (Å²) in [7, 11) is 0. The summed E-state index contributed by atoms with van der Waals surface area (Å²) in [5, 5.41) is 11.2. The first-order valence-corrected chi connectivity index (χ1v) is 3.19. The van der Waals surface area contributed by atoms with Gasteiger partial charge in [-0.05, 0) is 12.1 Å². The number of carboxylic acid groups (broad SMARTS) is 1. The molecular weight excluding hydrogens is 130 g/mol. The minimum absolute atomic E-state index is 0.0792. The molecule has 0 amide bonds. The highest BCUT2D eigenvalue weighted by atomic mass is 16.4. The normalized spacial score (nSPS) is 12.7. The number of hydrogen-bond acceptors (Lipinski definition) is 2. The molecule has 0 heterocycles. The van der Waals surface area contributed by atoms with Crippen molar-refractivity contribution in [3.63, 3.8) is 0 Å². The van der Waals surface area contributed by atoms with E-state index in [0.29, 0.717) is 0 Å². The Labute approximate surface area is 60.7 Å². The molecule has 1 atom stereocenters. The number of hydrogen-bond donors (Lipinski definition) is 2. The minimum Gasteiger partial charge on any atom is -0.480 e. The van der Waals surface area contributed by atoms with Gasteiger partial charge < -0.3 is 10.4 Å². The van der Waals surface area contributed by atoms with Gasteiger partial charge in [-0.25, -0.2) is 4.79 Å². The molecule has 0 aliphatic heterocycles. The molecule has 0 aromatic carbocycles. The van der Waals surface area contributed by atoms with Gasteiger partial charge >= 0.3 is 5.97 Å². The van der Waals surface area contributed by atoms with E-state index in [2.05, 4.69) is 11.9 Å². The van der Waals surface area contributed by atoms with Crippen molar-refractivity contribution in [3.05, 3.63) is 12.8 Å². The van der Waals surface area contributed by atoms with Gasteiger partial charge in [0, 0.05) is 0 Å². The fraction of sp³-hybridized carbons (Fsp3) is 0.571. The molecule has 0 fully saturated rings. The lowest BCUT2D eigenvalue weighted by atomic mass is 10.1. The van der Waals surface area contributed by atoms with Crippen LogP contribution in [0.4, 0.5) is 0 Å². The third-order valence-corrected chi connectivity index (χ3v) is 1.23. The second kappa shape index (κ2) is 3.93. The van der Waals surface area contributed by atoms with Crippen molar-refractivity contribution in [2.75, 3.05) is 0 Å². The van der Waals surface area contributed by atoms with Gasteiger partial charge in [-0.2, -0.15) is 0 Å². The van der Waals surface area contributed by atoms with E-state index < -0.39 is 12.0 Å². The van der Waals surface area contributed by atoms with Crippen LogP contribution in [0.2, 0.25) is 0 Å². The zero-order valence-electron chi connectivity index (χ0n) is 6.29. The van der Waals surface area contributed by atoms with Crippen LogP contribution in [-0.2, 0) is 4.79 Å². The van der Waals surface area contributed by atoms with Gasteiger partial charge in [-0.3, -0.25) is 0 Å². The van der Waals surface area contributed by atoms with Gasteiger partial charge in [0.2, 0.25) is 0 Å². The van der Waals surface area contributed by atoms with Crippen LogP contribution in [0.15, 0.2) is 12.8 Å². The predicted molar refractivity (Wildman–Crippen MR) is 39.6 cm³/mol. The van der Waals surface area contributed by atoms with Gasteiger partial charge in [-0.15, -0.1) is 0 Å². The summed E-state index contributed by atoms with van der Waals surface area (Å²) in [5.74, 6) is -0.759. The Kier molecular flexibility index (Phi) is 3.54. The molecule has 0 spiro atoms. The largest absolute Gasteiger partial charge is 0.480 e. The molecule has 0 bridgehead atoms. The van der Waals surface area contributed by atoms with E-state index in [-0.39, 0.29) is 5.92 Å². The van der Waals surface area contributed by atoms with Crippen molar-refractivity contribution in [1.29, 1.82) is 0 Å². The lowest BCUT2D eigenvalue weighted by Gasteiger charge is -2.15.